The maximum atomic E-state index is 12.3. The number of fused-ring (bicyclic) bond motifs is 3. The van der Waals surface area contributed by atoms with Crippen molar-refractivity contribution in [2.45, 2.75) is 18.9 Å². The Kier molecular flexibility index (Phi) is 3.33. The van der Waals surface area contributed by atoms with Crippen LogP contribution in [0.1, 0.15) is 23.2 Å². The van der Waals surface area contributed by atoms with Gasteiger partial charge in [0, 0.05) is 12.6 Å². The summed E-state index contributed by atoms with van der Waals surface area (Å²) in [5.74, 6) is 0.438. The van der Waals surface area contributed by atoms with Crippen LogP contribution in [0, 0.1) is 5.92 Å². The summed E-state index contributed by atoms with van der Waals surface area (Å²) in [6.45, 7) is 3.25. The molecule has 2 bridgehead atoms. The van der Waals surface area contributed by atoms with E-state index in [-0.39, 0.29) is 17.1 Å². The number of anilines is 1. The molecule has 0 aliphatic carbocycles. The standard InChI is InChI=1S/C13H17ClN4O/c14-12-5-9(10(15)6-16-12)13(19)17-11-7-18-3-1-8(11)2-4-18/h5-6,8,11H,1-4,7,15H2,(H,17,19). The summed E-state index contributed by atoms with van der Waals surface area (Å²) in [4.78, 5) is 18.5. The molecule has 1 amide bonds. The van der Waals surface area contributed by atoms with E-state index in [1.165, 1.54) is 12.3 Å². The highest BCUT2D eigenvalue weighted by Crippen LogP contribution is 2.28. The third-order valence-corrected chi connectivity index (χ3v) is 4.33. The van der Waals surface area contributed by atoms with E-state index in [1.807, 2.05) is 0 Å². The van der Waals surface area contributed by atoms with Gasteiger partial charge >= 0.3 is 0 Å². The molecule has 3 aliphatic rings. The van der Waals surface area contributed by atoms with E-state index in [4.69, 9.17) is 17.3 Å². The predicted molar refractivity (Wildman–Crippen MR) is 74.1 cm³/mol. The highest BCUT2D eigenvalue weighted by molar-refractivity contribution is 6.29. The summed E-state index contributed by atoms with van der Waals surface area (Å²) in [7, 11) is 0. The number of rotatable bonds is 2. The Morgan fingerprint density at radius 2 is 2.21 bits per heavy atom. The zero-order chi connectivity index (χ0) is 13.4. The molecule has 4 rings (SSSR count). The number of carbonyl (C=O) groups is 1. The van der Waals surface area contributed by atoms with E-state index in [0.717, 1.165) is 32.5 Å². The largest absolute Gasteiger partial charge is 0.397 e. The Hall–Kier alpha value is -1.33. The van der Waals surface area contributed by atoms with Crippen LogP contribution in [-0.4, -0.2) is 41.5 Å². The van der Waals surface area contributed by atoms with Gasteiger partial charge in [0.05, 0.1) is 17.4 Å². The first-order valence-corrected chi connectivity index (χ1v) is 6.95. The van der Waals surface area contributed by atoms with Crippen LogP contribution in [0.25, 0.3) is 0 Å². The highest BCUT2D eigenvalue weighted by Gasteiger charge is 2.35. The van der Waals surface area contributed by atoms with Crippen molar-refractivity contribution in [2.24, 2.45) is 5.92 Å². The van der Waals surface area contributed by atoms with Crippen LogP contribution >= 0.6 is 11.6 Å². The summed E-state index contributed by atoms with van der Waals surface area (Å²) in [5, 5.41) is 3.37. The van der Waals surface area contributed by atoms with Gasteiger partial charge in [-0.3, -0.25) is 4.79 Å². The van der Waals surface area contributed by atoms with E-state index < -0.39 is 0 Å². The first kappa shape index (κ1) is 12.7. The number of nitrogen functional groups attached to an aromatic ring is 1. The maximum Gasteiger partial charge on any atom is 0.253 e. The smallest absolute Gasteiger partial charge is 0.253 e. The lowest BCUT2D eigenvalue weighted by molar-refractivity contribution is 0.0621. The third kappa shape index (κ3) is 2.53. The van der Waals surface area contributed by atoms with Gasteiger partial charge in [-0.2, -0.15) is 0 Å². The summed E-state index contributed by atoms with van der Waals surface area (Å²) >= 11 is 5.81. The van der Waals surface area contributed by atoms with Gasteiger partial charge in [0.1, 0.15) is 5.15 Å². The molecule has 3 fully saturated rings. The van der Waals surface area contributed by atoms with Gasteiger partial charge in [0.15, 0.2) is 0 Å². The van der Waals surface area contributed by atoms with Crippen LogP contribution in [0.2, 0.25) is 5.15 Å². The number of nitrogens with one attached hydrogen (secondary N) is 1. The molecule has 6 heteroatoms. The maximum absolute atomic E-state index is 12.3. The second kappa shape index (κ2) is 4.98. The average molecular weight is 281 g/mol. The van der Waals surface area contributed by atoms with Crippen LogP contribution in [0.3, 0.4) is 0 Å². The fourth-order valence-corrected chi connectivity index (χ4v) is 3.17. The Morgan fingerprint density at radius 1 is 1.47 bits per heavy atom. The van der Waals surface area contributed by atoms with Crippen molar-refractivity contribution in [3.63, 3.8) is 0 Å². The van der Waals surface area contributed by atoms with E-state index in [0.29, 0.717) is 17.2 Å². The summed E-state index contributed by atoms with van der Waals surface area (Å²) in [6.07, 6.45) is 3.75. The summed E-state index contributed by atoms with van der Waals surface area (Å²) < 4.78 is 0. The molecule has 4 heterocycles. The van der Waals surface area contributed by atoms with Gasteiger partial charge < -0.3 is 16.0 Å². The van der Waals surface area contributed by atoms with Crippen molar-refractivity contribution < 1.29 is 4.79 Å². The molecule has 1 atom stereocenters. The van der Waals surface area contributed by atoms with Crippen molar-refractivity contribution in [3.05, 3.63) is 23.0 Å². The number of halogens is 1. The SMILES string of the molecule is Nc1cnc(Cl)cc1C(=O)NC1CN2CCC1CC2. The van der Waals surface area contributed by atoms with Crippen molar-refractivity contribution in [1.29, 1.82) is 0 Å². The number of hydrogen-bond donors (Lipinski definition) is 2. The molecule has 3 N–H and O–H groups in total. The zero-order valence-corrected chi connectivity index (χ0v) is 11.4. The van der Waals surface area contributed by atoms with Crippen LogP contribution < -0.4 is 11.1 Å². The van der Waals surface area contributed by atoms with Crippen molar-refractivity contribution in [2.75, 3.05) is 25.4 Å². The molecule has 0 saturated carbocycles. The molecular weight excluding hydrogens is 264 g/mol. The molecule has 0 spiro atoms. The van der Waals surface area contributed by atoms with E-state index in [9.17, 15) is 4.79 Å². The number of pyridine rings is 1. The number of hydrogen-bond acceptors (Lipinski definition) is 4. The topological polar surface area (TPSA) is 71.2 Å². The summed E-state index contributed by atoms with van der Waals surface area (Å²) in [6, 6.07) is 1.74. The molecule has 3 saturated heterocycles. The minimum atomic E-state index is -0.152. The minimum absolute atomic E-state index is 0.152. The summed E-state index contributed by atoms with van der Waals surface area (Å²) in [5.41, 5.74) is 6.56. The normalized spacial score (nSPS) is 29.2. The van der Waals surface area contributed by atoms with E-state index in [2.05, 4.69) is 15.2 Å². The van der Waals surface area contributed by atoms with Gasteiger partial charge in [0.2, 0.25) is 0 Å². The molecule has 1 unspecified atom stereocenters. The zero-order valence-electron chi connectivity index (χ0n) is 10.6. The minimum Gasteiger partial charge on any atom is -0.397 e. The number of nitrogens with zero attached hydrogens (tertiary/aromatic N) is 2. The van der Waals surface area contributed by atoms with Crippen LogP contribution in [0.15, 0.2) is 12.3 Å². The second-order valence-corrected chi connectivity index (χ2v) is 5.70. The second-order valence-electron chi connectivity index (χ2n) is 5.31. The lowest BCUT2D eigenvalue weighted by Crippen LogP contribution is -2.57. The van der Waals surface area contributed by atoms with Crippen molar-refractivity contribution in [1.82, 2.24) is 15.2 Å². The highest BCUT2D eigenvalue weighted by atomic mass is 35.5. The molecular formula is C13H17ClN4O. The lowest BCUT2D eigenvalue weighted by atomic mass is 9.84. The molecule has 19 heavy (non-hydrogen) atoms. The fraction of sp³-hybridized carbons (Fsp3) is 0.538. The monoisotopic (exact) mass is 280 g/mol. The van der Waals surface area contributed by atoms with Gasteiger partial charge in [-0.25, -0.2) is 4.98 Å². The van der Waals surface area contributed by atoms with Gasteiger partial charge in [0.25, 0.3) is 5.91 Å². The number of piperidine rings is 3. The molecule has 1 aromatic heterocycles. The van der Waals surface area contributed by atoms with E-state index >= 15 is 0 Å². The molecule has 102 valence electrons. The fourth-order valence-electron chi connectivity index (χ4n) is 3.01. The molecule has 5 nitrogen and oxygen atoms in total. The third-order valence-electron chi connectivity index (χ3n) is 4.12. The van der Waals surface area contributed by atoms with Crippen LogP contribution in [-0.2, 0) is 0 Å². The Balaban J connectivity index is 1.73. The number of nitrogens with two attached hydrogens (primary N) is 1. The van der Waals surface area contributed by atoms with Crippen molar-refractivity contribution >= 4 is 23.2 Å². The van der Waals surface area contributed by atoms with Gasteiger partial charge in [-0.1, -0.05) is 11.6 Å². The predicted octanol–water partition coefficient (Wildman–Crippen LogP) is 1.14. The average Bonchev–Trinajstić information content (AvgIpc) is 2.43. The first-order valence-electron chi connectivity index (χ1n) is 6.58. The van der Waals surface area contributed by atoms with Crippen molar-refractivity contribution in [3.8, 4) is 0 Å². The Labute approximate surface area is 117 Å². The molecule has 0 radical (unpaired) electrons. The van der Waals surface area contributed by atoms with Gasteiger partial charge in [-0.05, 0) is 37.9 Å². The Bertz CT molecular complexity index is 499. The molecule has 3 aliphatic heterocycles. The lowest BCUT2D eigenvalue weighted by Gasteiger charge is -2.44. The Morgan fingerprint density at radius 3 is 2.84 bits per heavy atom. The van der Waals surface area contributed by atoms with Crippen LogP contribution in [0.4, 0.5) is 5.69 Å². The number of aromatic nitrogens is 1. The number of carbonyl (C=O) groups excluding carboxylic acids is 1. The molecule has 1 aromatic rings. The van der Waals surface area contributed by atoms with Gasteiger partial charge in [-0.15, -0.1) is 0 Å². The molecule has 0 aromatic carbocycles. The number of amides is 1. The quantitative estimate of drug-likeness (QED) is 0.797. The first-order chi connectivity index (χ1) is 9.13. The van der Waals surface area contributed by atoms with E-state index in [1.54, 1.807) is 0 Å². The van der Waals surface area contributed by atoms with Crippen LogP contribution in [0.5, 0.6) is 0 Å².